The van der Waals surface area contributed by atoms with Crippen LogP contribution < -0.4 is 0 Å². The Bertz CT molecular complexity index is 1140. The molecule has 1 heterocycles. The van der Waals surface area contributed by atoms with Gasteiger partial charge in [0, 0.05) is 19.1 Å². The normalized spacial score (nSPS) is 16.1. The van der Waals surface area contributed by atoms with E-state index in [1.807, 2.05) is 13.8 Å². The van der Waals surface area contributed by atoms with Crippen molar-refractivity contribution in [3.8, 4) is 0 Å². The van der Waals surface area contributed by atoms with Crippen molar-refractivity contribution in [3.05, 3.63) is 51.4 Å². The molecule has 168 valence electrons. The number of benzene rings is 1. The third-order valence-corrected chi connectivity index (χ3v) is 7.99. The minimum atomic E-state index is -4.47. The predicted octanol–water partition coefficient (Wildman–Crippen LogP) is 4.73. The number of halogens is 3. The van der Waals surface area contributed by atoms with Crippen LogP contribution in [-0.2, 0) is 33.6 Å². The molecule has 2 aromatic rings. The zero-order chi connectivity index (χ0) is 23.2. The Hall–Kier alpha value is -2.20. The average molecular weight is 475 g/mol. The van der Waals surface area contributed by atoms with E-state index in [4.69, 9.17) is 4.74 Å². The Kier molecular flexibility index (Phi) is 6.09. The molecule has 0 saturated carbocycles. The van der Waals surface area contributed by atoms with Crippen LogP contribution in [0.15, 0.2) is 28.5 Å². The van der Waals surface area contributed by atoms with Crippen molar-refractivity contribution in [1.82, 2.24) is 0 Å². The maximum absolute atomic E-state index is 12.8. The Labute approximate surface area is 182 Å². The largest absolute Gasteiger partial charge is 0.461 e. The lowest BCUT2D eigenvalue weighted by atomic mass is 9.74. The zero-order valence-corrected chi connectivity index (χ0v) is 18.8. The van der Waals surface area contributed by atoms with E-state index in [2.05, 4.69) is 0 Å². The first-order valence-electron chi connectivity index (χ1n) is 9.41. The van der Waals surface area contributed by atoms with Gasteiger partial charge in [0.05, 0.1) is 17.7 Å². The van der Waals surface area contributed by atoms with Crippen LogP contribution in [0.4, 0.5) is 13.2 Å². The molecule has 3 rings (SSSR count). The van der Waals surface area contributed by atoms with Crippen LogP contribution in [0.25, 0.3) is 0 Å². The molecule has 10 heteroatoms. The third-order valence-electron chi connectivity index (χ3n) is 4.95. The molecule has 0 aliphatic heterocycles. The summed E-state index contributed by atoms with van der Waals surface area (Å²) in [7, 11) is -3.73. The summed E-state index contributed by atoms with van der Waals surface area (Å²) in [4.78, 5) is 25.4. The van der Waals surface area contributed by atoms with Crippen LogP contribution >= 0.6 is 11.3 Å². The molecule has 0 N–H and O–H groups in total. The van der Waals surface area contributed by atoms with Gasteiger partial charge in [0.15, 0.2) is 15.6 Å². The van der Waals surface area contributed by atoms with E-state index in [1.54, 1.807) is 0 Å². The molecule has 0 atom stereocenters. The number of ether oxygens (including phenoxy) is 1. The Morgan fingerprint density at radius 3 is 2.52 bits per heavy atom. The first kappa shape index (κ1) is 23.5. The molecule has 31 heavy (non-hydrogen) atoms. The smallest absolute Gasteiger partial charge is 0.416 e. The van der Waals surface area contributed by atoms with Crippen LogP contribution in [0, 0.1) is 5.41 Å². The van der Waals surface area contributed by atoms with Crippen LogP contribution in [-0.4, -0.2) is 33.0 Å². The molecule has 0 radical (unpaired) electrons. The Morgan fingerprint density at radius 1 is 1.23 bits per heavy atom. The van der Waals surface area contributed by atoms with Crippen molar-refractivity contribution in [2.45, 2.75) is 43.5 Å². The van der Waals surface area contributed by atoms with Crippen molar-refractivity contribution in [3.63, 3.8) is 0 Å². The average Bonchev–Trinajstić information content (AvgIpc) is 3.00. The van der Waals surface area contributed by atoms with Gasteiger partial charge in [-0.15, -0.1) is 11.3 Å². The highest BCUT2D eigenvalue weighted by Crippen LogP contribution is 2.43. The van der Waals surface area contributed by atoms with Gasteiger partial charge in [-0.2, -0.15) is 13.2 Å². The number of hydrogen-bond acceptors (Lipinski definition) is 6. The molecule has 0 fully saturated rings. The highest BCUT2D eigenvalue weighted by atomic mass is 32.2. The van der Waals surface area contributed by atoms with E-state index in [0.29, 0.717) is 28.9 Å². The second-order valence-electron chi connectivity index (χ2n) is 8.37. The van der Waals surface area contributed by atoms with Gasteiger partial charge in [-0.05, 0) is 29.0 Å². The maximum atomic E-state index is 12.8. The SMILES string of the molecule is CC1(C)CC(=O)c2c(S(C)(=O)=O)sc(C(=O)OCCc3cccc(C(F)(F)F)c3)c2C1. The number of thiophene rings is 1. The van der Waals surface area contributed by atoms with E-state index in [1.165, 1.54) is 12.1 Å². The van der Waals surface area contributed by atoms with Gasteiger partial charge in [-0.25, -0.2) is 13.2 Å². The van der Waals surface area contributed by atoms with Crippen molar-refractivity contribution in [2.75, 3.05) is 12.9 Å². The first-order chi connectivity index (χ1) is 14.2. The minimum Gasteiger partial charge on any atom is -0.461 e. The summed E-state index contributed by atoms with van der Waals surface area (Å²) in [6, 6.07) is 4.73. The molecule has 0 saturated heterocycles. The van der Waals surface area contributed by atoms with Gasteiger partial charge in [0.2, 0.25) is 0 Å². The molecular formula is C21H21F3O5S2. The molecule has 1 aliphatic rings. The molecule has 1 aromatic heterocycles. The lowest BCUT2D eigenvalue weighted by Gasteiger charge is -2.29. The molecule has 1 aliphatic carbocycles. The molecule has 0 amide bonds. The summed E-state index contributed by atoms with van der Waals surface area (Å²) in [5, 5.41) is 0. The Morgan fingerprint density at radius 2 is 1.90 bits per heavy atom. The van der Waals surface area contributed by atoms with Gasteiger partial charge in [-0.1, -0.05) is 32.0 Å². The molecule has 0 spiro atoms. The summed E-state index contributed by atoms with van der Waals surface area (Å²) in [6.07, 6.45) is -2.91. The van der Waals surface area contributed by atoms with Gasteiger partial charge < -0.3 is 4.74 Å². The highest BCUT2D eigenvalue weighted by molar-refractivity contribution is 7.92. The monoisotopic (exact) mass is 474 g/mol. The van der Waals surface area contributed by atoms with Crippen molar-refractivity contribution in [2.24, 2.45) is 5.41 Å². The predicted molar refractivity (Wildman–Crippen MR) is 109 cm³/mol. The van der Waals surface area contributed by atoms with E-state index in [0.717, 1.165) is 18.4 Å². The van der Waals surface area contributed by atoms with Gasteiger partial charge >= 0.3 is 12.1 Å². The topological polar surface area (TPSA) is 77.5 Å². The molecule has 0 bridgehead atoms. The fourth-order valence-electron chi connectivity index (χ4n) is 3.61. The fraction of sp³-hybridized carbons (Fsp3) is 0.429. The maximum Gasteiger partial charge on any atom is 0.416 e. The van der Waals surface area contributed by atoms with Crippen LogP contribution in [0.2, 0.25) is 0 Å². The summed E-state index contributed by atoms with van der Waals surface area (Å²) in [5.41, 5.74) is -0.439. The van der Waals surface area contributed by atoms with E-state index in [9.17, 15) is 31.2 Å². The van der Waals surface area contributed by atoms with E-state index >= 15 is 0 Å². The number of fused-ring (bicyclic) bond motifs is 1. The number of rotatable bonds is 5. The first-order valence-corrected chi connectivity index (χ1v) is 12.1. The van der Waals surface area contributed by atoms with Crippen LogP contribution in [0.5, 0.6) is 0 Å². The molecule has 1 aromatic carbocycles. The number of ketones is 1. The van der Waals surface area contributed by atoms with Gasteiger partial charge in [0.1, 0.15) is 9.09 Å². The second kappa shape index (κ2) is 8.05. The number of hydrogen-bond donors (Lipinski definition) is 0. The lowest BCUT2D eigenvalue weighted by Crippen LogP contribution is -2.28. The molecule has 5 nitrogen and oxygen atoms in total. The van der Waals surface area contributed by atoms with Crippen LogP contribution in [0.1, 0.15) is 57.0 Å². The number of Topliss-reactive ketones (excluding diaryl/α,β-unsaturated/α-hetero) is 1. The van der Waals surface area contributed by atoms with Crippen molar-refractivity contribution < 1.29 is 35.9 Å². The minimum absolute atomic E-state index is 0.0561. The number of sulfone groups is 1. The Balaban J connectivity index is 1.82. The van der Waals surface area contributed by atoms with Crippen molar-refractivity contribution >= 4 is 32.9 Å². The summed E-state index contributed by atoms with van der Waals surface area (Å²) < 4.78 is 67.9. The summed E-state index contributed by atoms with van der Waals surface area (Å²) in [6.45, 7) is 3.53. The van der Waals surface area contributed by atoms with Gasteiger partial charge in [-0.3, -0.25) is 4.79 Å². The molecule has 0 unspecified atom stereocenters. The lowest BCUT2D eigenvalue weighted by molar-refractivity contribution is -0.137. The van der Waals surface area contributed by atoms with Gasteiger partial charge in [0.25, 0.3) is 0 Å². The number of carbonyl (C=O) groups excluding carboxylic acids is 2. The highest BCUT2D eigenvalue weighted by Gasteiger charge is 2.40. The van der Waals surface area contributed by atoms with Crippen molar-refractivity contribution in [1.29, 1.82) is 0 Å². The fourth-order valence-corrected chi connectivity index (χ4v) is 6.04. The zero-order valence-electron chi connectivity index (χ0n) is 17.1. The van der Waals surface area contributed by atoms with E-state index in [-0.39, 0.29) is 39.9 Å². The number of carbonyl (C=O) groups is 2. The van der Waals surface area contributed by atoms with E-state index < -0.39 is 33.0 Å². The summed E-state index contributed by atoms with van der Waals surface area (Å²) in [5.74, 6) is -1.11. The second-order valence-corrected chi connectivity index (χ2v) is 11.6. The number of esters is 1. The molecular weight excluding hydrogens is 453 g/mol. The quantitative estimate of drug-likeness (QED) is 0.586. The summed E-state index contributed by atoms with van der Waals surface area (Å²) >= 11 is 0.715. The number of alkyl halides is 3. The standard InChI is InChI=1S/C21H21F3O5S2/c1-20(2)10-14-16(15(25)11-20)19(31(3,27)28)30-17(14)18(26)29-8-7-12-5-4-6-13(9-12)21(22,23)24/h4-6,9H,7-8,10-11H2,1-3H3. The van der Waals surface area contributed by atoms with Crippen LogP contribution in [0.3, 0.4) is 0 Å². The third kappa shape index (κ3) is 5.17.